The number of amides is 1. The second-order valence-corrected chi connectivity index (χ2v) is 5.48. The molecule has 2 atom stereocenters. The first-order chi connectivity index (χ1) is 8.16. The maximum atomic E-state index is 12.0. The number of fused-ring (bicyclic) bond motifs is 1. The Morgan fingerprint density at radius 1 is 1.29 bits per heavy atom. The number of ketones is 1. The minimum atomic E-state index is -0.0196. The predicted octanol–water partition coefficient (Wildman–Crippen LogP) is 1.83. The van der Waals surface area contributed by atoms with Crippen molar-refractivity contribution in [2.45, 2.75) is 44.1 Å². The van der Waals surface area contributed by atoms with Crippen LogP contribution in [0.2, 0.25) is 0 Å². The molecule has 3 aliphatic rings. The number of hydrogen-bond donors (Lipinski definition) is 0. The van der Waals surface area contributed by atoms with Gasteiger partial charge in [0.1, 0.15) is 5.78 Å². The van der Waals surface area contributed by atoms with Crippen molar-refractivity contribution in [2.75, 3.05) is 6.54 Å². The van der Waals surface area contributed by atoms with E-state index in [4.69, 9.17) is 0 Å². The van der Waals surface area contributed by atoms with E-state index in [0.29, 0.717) is 25.2 Å². The molecule has 0 aromatic carbocycles. The third-order valence-corrected chi connectivity index (χ3v) is 4.69. The van der Waals surface area contributed by atoms with Crippen molar-refractivity contribution in [3.63, 3.8) is 0 Å². The fraction of sp³-hybridized carbons (Fsp3) is 0.643. The van der Waals surface area contributed by atoms with Crippen LogP contribution in [0.25, 0.3) is 0 Å². The fourth-order valence-electron chi connectivity index (χ4n) is 3.73. The third kappa shape index (κ3) is 1.42. The van der Waals surface area contributed by atoms with Gasteiger partial charge in [0.05, 0.1) is 12.5 Å². The smallest absolute Gasteiger partial charge is 0.223 e. The molecule has 1 aliphatic carbocycles. The molecule has 1 amide bonds. The van der Waals surface area contributed by atoms with Crippen LogP contribution in [0.1, 0.15) is 38.5 Å². The van der Waals surface area contributed by atoms with Crippen LogP contribution in [0, 0.1) is 5.92 Å². The van der Waals surface area contributed by atoms with Gasteiger partial charge in [0.25, 0.3) is 0 Å². The van der Waals surface area contributed by atoms with Gasteiger partial charge in [-0.3, -0.25) is 9.59 Å². The van der Waals surface area contributed by atoms with Gasteiger partial charge in [0, 0.05) is 24.0 Å². The number of Topliss-reactive ketones (excluding diaryl/α,β-unsaturated/α-hetero) is 1. The molecule has 90 valence electrons. The minimum absolute atomic E-state index is 0.0107. The summed E-state index contributed by atoms with van der Waals surface area (Å²) >= 11 is 0. The Morgan fingerprint density at radius 2 is 2.12 bits per heavy atom. The van der Waals surface area contributed by atoms with Gasteiger partial charge in [-0.15, -0.1) is 5.73 Å². The van der Waals surface area contributed by atoms with Crippen molar-refractivity contribution >= 4 is 11.7 Å². The van der Waals surface area contributed by atoms with E-state index >= 15 is 0 Å². The van der Waals surface area contributed by atoms with Crippen LogP contribution < -0.4 is 0 Å². The Kier molecular flexibility index (Phi) is 2.27. The van der Waals surface area contributed by atoms with Crippen LogP contribution in [-0.4, -0.2) is 28.7 Å². The Bertz CT molecular complexity index is 447. The molecule has 0 N–H and O–H groups in total. The van der Waals surface area contributed by atoms with E-state index in [1.165, 1.54) is 0 Å². The molecule has 0 aromatic heterocycles. The molecule has 1 spiro atoms. The zero-order chi connectivity index (χ0) is 12.0. The predicted molar refractivity (Wildman–Crippen MR) is 63.3 cm³/mol. The molecule has 1 saturated carbocycles. The van der Waals surface area contributed by atoms with Crippen LogP contribution in [0.15, 0.2) is 17.9 Å². The van der Waals surface area contributed by atoms with Crippen LogP contribution >= 0.6 is 0 Å². The molecule has 2 saturated heterocycles. The zero-order valence-corrected chi connectivity index (χ0v) is 10.00. The summed E-state index contributed by atoms with van der Waals surface area (Å²) in [5, 5.41) is 0. The van der Waals surface area contributed by atoms with Crippen molar-refractivity contribution in [3.05, 3.63) is 17.9 Å². The first-order valence-corrected chi connectivity index (χ1v) is 6.38. The van der Waals surface area contributed by atoms with Crippen molar-refractivity contribution < 1.29 is 9.59 Å². The third-order valence-electron chi connectivity index (χ3n) is 4.69. The number of carbonyl (C=O) groups is 2. The highest BCUT2D eigenvalue weighted by atomic mass is 16.2. The Labute approximate surface area is 101 Å². The molecule has 0 unspecified atom stereocenters. The SMILES string of the molecule is C=C=C1CN2C(=O)CCC[C@]23CCC(=O)[C@H]1C3. The van der Waals surface area contributed by atoms with Crippen molar-refractivity contribution in [2.24, 2.45) is 5.92 Å². The van der Waals surface area contributed by atoms with Gasteiger partial charge in [-0.25, -0.2) is 0 Å². The van der Waals surface area contributed by atoms with Gasteiger partial charge in [0.15, 0.2) is 0 Å². The molecule has 17 heavy (non-hydrogen) atoms. The summed E-state index contributed by atoms with van der Waals surface area (Å²) in [7, 11) is 0. The Balaban J connectivity index is 2.02. The summed E-state index contributed by atoms with van der Waals surface area (Å²) in [5.41, 5.74) is 3.80. The van der Waals surface area contributed by atoms with E-state index in [9.17, 15) is 9.59 Å². The quantitative estimate of drug-likeness (QED) is 0.596. The highest BCUT2D eigenvalue weighted by Gasteiger charge is 2.52. The Morgan fingerprint density at radius 3 is 2.88 bits per heavy atom. The van der Waals surface area contributed by atoms with Crippen molar-refractivity contribution in [1.82, 2.24) is 4.90 Å². The van der Waals surface area contributed by atoms with Crippen molar-refractivity contribution in [1.29, 1.82) is 0 Å². The molecule has 2 aliphatic heterocycles. The molecule has 0 aromatic rings. The summed E-state index contributed by atoms with van der Waals surface area (Å²) in [6.45, 7) is 4.26. The standard InChI is InChI=1S/C14H17NO2/c1-2-10-9-15-13(17)4-3-6-14(15)7-5-12(16)11(10)8-14/h11H,1,3-9H2/t11-,14+/m0/s1. The van der Waals surface area contributed by atoms with Crippen LogP contribution in [0.3, 0.4) is 0 Å². The number of rotatable bonds is 0. The van der Waals surface area contributed by atoms with E-state index < -0.39 is 0 Å². The lowest BCUT2D eigenvalue weighted by atomic mass is 9.65. The second-order valence-electron chi connectivity index (χ2n) is 5.48. The first-order valence-electron chi connectivity index (χ1n) is 6.38. The fourth-order valence-corrected chi connectivity index (χ4v) is 3.73. The van der Waals surface area contributed by atoms with Gasteiger partial charge < -0.3 is 4.90 Å². The molecular formula is C14H17NO2. The van der Waals surface area contributed by atoms with Gasteiger partial charge in [-0.1, -0.05) is 6.58 Å². The van der Waals surface area contributed by atoms with Gasteiger partial charge >= 0.3 is 0 Å². The first kappa shape index (κ1) is 10.8. The average molecular weight is 231 g/mol. The van der Waals surface area contributed by atoms with E-state index in [2.05, 4.69) is 12.3 Å². The molecular weight excluding hydrogens is 214 g/mol. The second kappa shape index (κ2) is 3.58. The number of nitrogens with zero attached hydrogens (tertiary/aromatic N) is 1. The summed E-state index contributed by atoms with van der Waals surface area (Å²) in [4.78, 5) is 26.0. The summed E-state index contributed by atoms with van der Waals surface area (Å²) in [6.07, 6.45) is 4.98. The lowest BCUT2D eigenvalue weighted by Gasteiger charge is -2.55. The molecule has 2 heterocycles. The van der Waals surface area contributed by atoms with E-state index in [0.717, 1.165) is 31.3 Å². The zero-order valence-electron chi connectivity index (χ0n) is 10.00. The van der Waals surface area contributed by atoms with Gasteiger partial charge in [-0.05, 0) is 25.7 Å². The molecule has 3 heteroatoms. The van der Waals surface area contributed by atoms with Crippen LogP contribution in [0.5, 0.6) is 0 Å². The lowest BCUT2D eigenvalue weighted by molar-refractivity contribution is -0.151. The average Bonchev–Trinajstić information content (AvgIpc) is 2.34. The number of carbonyl (C=O) groups excluding carboxylic acids is 2. The van der Waals surface area contributed by atoms with E-state index in [-0.39, 0.29) is 17.4 Å². The summed E-state index contributed by atoms with van der Waals surface area (Å²) < 4.78 is 0. The normalized spacial score (nSPS) is 36.6. The largest absolute Gasteiger partial charge is 0.332 e. The Hall–Kier alpha value is -1.34. The van der Waals surface area contributed by atoms with Crippen LogP contribution in [0.4, 0.5) is 0 Å². The summed E-state index contributed by atoms with van der Waals surface area (Å²) in [5.74, 6) is 0.555. The maximum Gasteiger partial charge on any atom is 0.223 e. The maximum absolute atomic E-state index is 12.0. The highest BCUT2D eigenvalue weighted by Crippen LogP contribution is 2.47. The molecule has 3 nitrogen and oxygen atoms in total. The van der Waals surface area contributed by atoms with Gasteiger partial charge in [0.2, 0.25) is 5.91 Å². The molecule has 2 bridgehead atoms. The topological polar surface area (TPSA) is 37.4 Å². The molecule has 3 rings (SSSR count). The minimum Gasteiger partial charge on any atom is -0.332 e. The summed E-state index contributed by atoms with van der Waals surface area (Å²) in [6, 6.07) is 0. The lowest BCUT2D eigenvalue weighted by Crippen LogP contribution is -2.62. The molecule has 0 radical (unpaired) electrons. The highest BCUT2D eigenvalue weighted by molar-refractivity contribution is 5.87. The molecule has 3 fully saturated rings. The number of hydrogen-bond acceptors (Lipinski definition) is 2. The van der Waals surface area contributed by atoms with E-state index in [1.807, 2.05) is 4.90 Å². The van der Waals surface area contributed by atoms with Crippen molar-refractivity contribution in [3.8, 4) is 0 Å². The number of piperidine rings is 2. The van der Waals surface area contributed by atoms with Crippen LogP contribution in [-0.2, 0) is 9.59 Å². The van der Waals surface area contributed by atoms with E-state index in [1.54, 1.807) is 0 Å². The monoisotopic (exact) mass is 231 g/mol. The van der Waals surface area contributed by atoms with Gasteiger partial charge in [-0.2, -0.15) is 0 Å².